The molecule has 0 heterocycles. The van der Waals surface area contributed by atoms with Crippen LogP contribution in [-0.2, 0) is 4.79 Å². The van der Waals surface area contributed by atoms with Gasteiger partial charge >= 0.3 is 5.97 Å². The fourth-order valence-electron chi connectivity index (χ4n) is 1.97. The Morgan fingerprint density at radius 2 is 1.77 bits per heavy atom. The predicted octanol–water partition coefficient (Wildman–Crippen LogP) is 5.62. The van der Waals surface area contributed by atoms with E-state index in [-0.39, 0.29) is 32.9 Å². The molecule has 0 bridgehead atoms. The SMILES string of the molecule is CC(C)(Nc1cc(Oc2c(Cl)cc(Cl)cc2Cl)ccc1[N+](=O)[O-])C(=O)O. The van der Waals surface area contributed by atoms with E-state index in [2.05, 4.69) is 5.32 Å². The molecule has 0 aliphatic heterocycles. The van der Waals surface area contributed by atoms with Gasteiger partial charge in [0.15, 0.2) is 5.75 Å². The van der Waals surface area contributed by atoms with Crippen molar-refractivity contribution < 1.29 is 19.6 Å². The molecule has 2 N–H and O–H groups in total. The number of hydrogen-bond donors (Lipinski definition) is 2. The van der Waals surface area contributed by atoms with Crippen LogP contribution in [0.4, 0.5) is 11.4 Å². The summed E-state index contributed by atoms with van der Waals surface area (Å²) in [6, 6.07) is 6.70. The second kappa shape index (κ2) is 7.57. The average molecular weight is 420 g/mol. The van der Waals surface area contributed by atoms with Gasteiger partial charge in [-0.1, -0.05) is 34.8 Å². The van der Waals surface area contributed by atoms with Crippen LogP contribution in [0, 0.1) is 10.1 Å². The Morgan fingerprint density at radius 3 is 2.27 bits per heavy atom. The first-order chi connectivity index (χ1) is 12.0. The molecule has 0 aliphatic rings. The van der Waals surface area contributed by atoms with Crippen LogP contribution in [0.1, 0.15) is 13.8 Å². The monoisotopic (exact) mass is 418 g/mol. The van der Waals surface area contributed by atoms with Gasteiger partial charge < -0.3 is 15.2 Å². The van der Waals surface area contributed by atoms with Crippen molar-refractivity contribution in [1.29, 1.82) is 0 Å². The summed E-state index contributed by atoms with van der Waals surface area (Å²) in [6.07, 6.45) is 0. The Morgan fingerprint density at radius 1 is 1.19 bits per heavy atom. The van der Waals surface area contributed by atoms with E-state index in [0.717, 1.165) is 0 Å². The molecule has 2 aromatic rings. The molecule has 0 fully saturated rings. The fourth-order valence-corrected chi connectivity index (χ4v) is 2.87. The summed E-state index contributed by atoms with van der Waals surface area (Å²) in [5, 5.41) is 23.7. The molecule has 0 saturated heterocycles. The summed E-state index contributed by atoms with van der Waals surface area (Å²) < 4.78 is 5.61. The van der Waals surface area contributed by atoms with Gasteiger partial charge in [0.1, 0.15) is 17.0 Å². The lowest BCUT2D eigenvalue weighted by atomic mass is 10.1. The van der Waals surface area contributed by atoms with E-state index in [9.17, 15) is 20.0 Å². The van der Waals surface area contributed by atoms with Crippen LogP contribution in [0.5, 0.6) is 11.5 Å². The first-order valence-corrected chi connectivity index (χ1v) is 8.27. The number of anilines is 1. The number of carbonyl (C=O) groups is 1. The van der Waals surface area contributed by atoms with Gasteiger partial charge in [0.2, 0.25) is 0 Å². The van der Waals surface area contributed by atoms with Crippen molar-refractivity contribution in [2.45, 2.75) is 19.4 Å². The van der Waals surface area contributed by atoms with Gasteiger partial charge in [-0.3, -0.25) is 10.1 Å². The van der Waals surface area contributed by atoms with Gasteiger partial charge in [-0.2, -0.15) is 0 Å². The molecule has 0 spiro atoms. The molecule has 2 rings (SSSR count). The highest BCUT2D eigenvalue weighted by atomic mass is 35.5. The number of benzene rings is 2. The largest absolute Gasteiger partial charge is 0.480 e. The smallest absolute Gasteiger partial charge is 0.328 e. The molecule has 2 aromatic carbocycles. The summed E-state index contributed by atoms with van der Waals surface area (Å²) in [5.41, 5.74) is -1.78. The Bertz CT molecular complexity index is 863. The molecule has 0 saturated carbocycles. The summed E-state index contributed by atoms with van der Waals surface area (Å²) >= 11 is 18.0. The number of aliphatic carboxylic acids is 1. The van der Waals surface area contributed by atoms with E-state index >= 15 is 0 Å². The lowest BCUT2D eigenvalue weighted by Crippen LogP contribution is -2.40. The molecule has 0 atom stereocenters. The fraction of sp³-hybridized carbons (Fsp3) is 0.188. The third-order valence-corrected chi connectivity index (χ3v) is 4.11. The normalized spacial score (nSPS) is 11.1. The van der Waals surface area contributed by atoms with Crippen molar-refractivity contribution in [1.82, 2.24) is 0 Å². The summed E-state index contributed by atoms with van der Waals surface area (Å²) in [4.78, 5) is 21.9. The number of nitrogens with one attached hydrogen (secondary N) is 1. The maximum absolute atomic E-state index is 11.3. The van der Waals surface area contributed by atoms with Crippen LogP contribution >= 0.6 is 34.8 Å². The van der Waals surface area contributed by atoms with E-state index < -0.39 is 16.4 Å². The average Bonchev–Trinajstić information content (AvgIpc) is 2.50. The Balaban J connectivity index is 2.45. The number of nitro benzene ring substituents is 1. The molecule has 26 heavy (non-hydrogen) atoms. The topological polar surface area (TPSA) is 102 Å². The van der Waals surface area contributed by atoms with Gasteiger partial charge in [0.25, 0.3) is 5.69 Å². The van der Waals surface area contributed by atoms with Crippen LogP contribution in [-0.4, -0.2) is 21.5 Å². The summed E-state index contributed by atoms with van der Waals surface area (Å²) in [5.74, 6) is -0.887. The number of hydrogen-bond acceptors (Lipinski definition) is 5. The van der Waals surface area contributed by atoms with E-state index in [0.29, 0.717) is 5.02 Å². The first-order valence-electron chi connectivity index (χ1n) is 7.13. The zero-order valence-corrected chi connectivity index (χ0v) is 15.8. The van der Waals surface area contributed by atoms with E-state index in [1.807, 2.05) is 0 Å². The third kappa shape index (κ3) is 4.49. The second-order valence-corrected chi connectivity index (χ2v) is 7.04. The number of carboxylic acid groups (broad SMARTS) is 1. The molecule has 0 radical (unpaired) electrons. The van der Waals surface area contributed by atoms with Gasteiger partial charge in [0, 0.05) is 17.2 Å². The van der Waals surface area contributed by atoms with Gasteiger partial charge in [-0.25, -0.2) is 4.79 Å². The molecule has 0 aliphatic carbocycles. The molecule has 0 unspecified atom stereocenters. The highest BCUT2D eigenvalue weighted by Gasteiger charge is 2.30. The van der Waals surface area contributed by atoms with Crippen LogP contribution in [0.15, 0.2) is 30.3 Å². The Kier molecular flexibility index (Phi) is 5.85. The summed E-state index contributed by atoms with van der Waals surface area (Å²) in [7, 11) is 0. The number of nitro groups is 1. The maximum atomic E-state index is 11.3. The Labute approximate surface area is 163 Å². The lowest BCUT2D eigenvalue weighted by Gasteiger charge is -2.22. The molecule has 138 valence electrons. The van der Waals surface area contributed by atoms with Gasteiger partial charge in [0.05, 0.1) is 15.0 Å². The van der Waals surface area contributed by atoms with Crippen LogP contribution in [0.2, 0.25) is 15.1 Å². The minimum atomic E-state index is -1.45. The van der Waals surface area contributed by atoms with E-state index in [1.54, 1.807) is 0 Å². The van der Waals surface area contributed by atoms with Crippen molar-refractivity contribution in [2.24, 2.45) is 0 Å². The highest BCUT2D eigenvalue weighted by Crippen LogP contribution is 2.40. The highest BCUT2D eigenvalue weighted by molar-refractivity contribution is 6.40. The van der Waals surface area contributed by atoms with E-state index in [1.165, 1.54) is 44.2 Å². The molecule has 7 nitrogen and oxygen atoms in total. The van der Waals surface area contributed by atoms with Gasteiger partial charge in [-0.05, 0) is 32.0 Å². The minimum Gasteiger partial charge on any atom is -0.480 e. The van der Waals surface area contributed by atoms with Gasteiger partial charge in [-0.15, -0.1) is 0 Å². The molecular weight excluding hydrogens is 407 g/mol. The van der Waals surface area contributed by atoms with Crippen molar-refractivity contribution in [3.05, 3.63) is 55.5 Å². The molecule has 10 heteroatoms. The van der Waals surface area contributed by atoms with Crippen molar-refractivity contribution in [3.8, 4) is 11.5 Å². The number of ether oxygens (including phenoxy) is 1. The predicted molar refractivity (Wildman–Crippen MR) is 100.0 cm³/mol. The van der Waals surface area contributed by atoms with Crippen LogP contribution in [0.3, 0.4) is 0 Å². The maximum Gasteiger partial charge on any atom is 0.328 e. The Hall–Kier alpha value is -2.22. The van der Waals surface area contributed by atoms with E-state index in [4.69, 9.17) is 39.5 Å². The number of carboxylic acids is 1. The lowest BCUT2D eigenvalue weighted by molar-refractivity contribution is -0.384. The minimum absolute atomic E-state index is 0.0268. The van der Waals surface area contributed by atoms with Crippen molar-refractivity contribution in [3.63, 3.8) is 0 Å². The number of nitrogens with zero attached hydrogens (tertiary/aromatic N) is 1. The van der Waals surface area contributed by atoms with Crippen LogP contribution < -0.4 is 10.1 Å². The van der Waals surface area contributed by atoms with Crippen molar-refractivity contribution in [2.75, 3.05) is 5.32 Å². The van der Waals surface area contributed by atoms with Crippen molar-refractivity contribution >= 4 is 52.1 Å². The molecule has 0 aromatic heterocycles. The van der Waals surface area contributed by atoms with Crippen LogP contribution in [0.25, 0.3) is 0 Å². The zero-order valence-electron chi connectivity index (χ0n) is 13.5. The zero-order chi connectivity index (χ0) is 19.6. The number of rotatable bonds is 6. The standard InChI is InChI=1S/C16H13Cl3N2O5/c1-16(2,15(22)23)20-12-7-9(3-4-13(12)21(24)25)26-14-10(18)5-8(17)6-11(14)19/h3-7,20H,1-2H3,(H,22,23). The second-order valence-electron chi connectivity index (χ2n) is 5.79. The third-order valence-electron chi connectivity index (χ3n) is 3.33. The quantitative estimate of drug-likeness (QED) is 0.465. The summed E-state index contributed by atoms with van der Waals surface area (Å²) in [6.45, 7) is 2.75. The number of halogens is 3. The first kappa shape index (κ1) is 20.1. The molecule has 0 amide bonds. The molecular formula is C16H13Cl3N2O5.